The number of nitrogens with zero attached hydrogens (tertiary/aromatic N) is 1. The zero-order chi connectivity index (χ0) is 17.6. The first kappa shape index (κ1) is 17.5. The van der Waals surface area contributed by atoms with Crippen molar-refractivity contribution in [2.75, 3.05) is 26.2 Å². The van der Waals surface area contributed by atoms with Gasteiger partial charge in [0.05, 0.1) is 12.7 Å². The van der Waals surface area contributed by atoms with Crippen LogP contribution in [0.25, 0.3) is 0 Å². The molecule has 4 nitrogen and oxygen atoms in total. The summed E-state index contributed by atoms with van der Waals surface area (Å²) in [6, 6.07) is 12.9. The average Bonchev–Trinajstić information content (AvgIpc) is 2.60. The van der Waals surface area contributed by atoms with E-state index >= 15 is 0 Å². The Labute approximate surface area is 145 Å². The maximum absolute atomic E-state index is 13.2. The molecule has 1 saturated heterocycles. The minimum atomic E-state index is -0.770. The zero-order valence-corrected chi connectivity index (χ0v) is 13.8. The van der Waals surface area contributed by atoms with Crippen LogP contribution in [0.2, 0.25) is 0 Å². The Morgan fingerprint density at radius 3 is 2.60 bits per heavy atom. The summed E-state index contributed by atoms with van der Waals surface area (Å²) in [5.74, 6) is -2.05. The van der Waals surface area contributed by atoms with Crippen molar-refractivity contribution >= 4 is 5.91 Å². The zero-order valence-electron chi connectivity index (χ0n) is 13.8. The van der Waals surface area contributed by atoms with Crippen LogP contribution in [0.5, 0.6) is 0 Å². The highest BCUT2D eigenvalue weighted by Gasteiger charge is 2.21. The second-order valence-corrected chi connectivity index (χ2v) is 6.08. The minimum absolute atomic E-state index is 0.0329. The smallest absolute Gasteiger partial charge is 0.251 e. The highest BCUT2D eigenvalue weighted by molar-refractivity contribution is 5.94. The van der Waals surface area contributed by atoms with Crippen molar-refractivity contribution in [1.82, 2.24) is 10.2 Å². The van der Waals surface area contributed by atoms with Gasteiger partial charge in [0, 0.05) is 37.8 Å². The largest absolute Gasteiger partial charge is 0.374 e. The lowest BCUT2D eigenvalue weighted by atomic mass is 10.1. The first-order valence-electron chi connectivity index (χ1n) is 8.22. The van der Waals surface area contributed by atoms with Crippen molar-refractivity contribution in [3.05, 3.63) is 71.3 Å². The molecule has 3 rings (SSSR count). The lowest BCUT2D eigenvalue weighted by molar-refractivity contribution is -0.0292. The van der Waals surface area contributed by atoms with Crippen LogP contribution in [0.15, 0.2) is 48.5 Å². The van der Waals surface area contributed by atoms with Gasteiger partial charge in [-0.3, -0.25) is 9.69 Å². The van der Waals surface area contributed by atoms with Crippen LogP contribution in [-0.2, 0) is 11.3 Å². The molecule has 2 aromatic rings. The molecular weight excluding hydrogens is 326 g/mol. The van der Waals surface area contributed by atoms with E-state index in [1.807, 2.05) is 18.2 Å². The van der Waals surface area contributed by atoms with Gasteiger partial charge in [-0.15, -0.1) is 0 Å². The topological polar surface area (TPSA) is 41.6 Å². The Morgan fingerprint density at radius 1 is 1.16 bits per heavy atom. The Morgan fingerprint density at radius 2 is 1.88 bits per heavy atom. The molecule has 0 saturated carbocycles. The molecule has 0 spiro atoms. The van der Waals surface area contributed by atoms with Crippen molar-refractivity contribution < 1.29 is 18.3 Å². The van der Waals surface area contributed by atoms with E-state index in [9.17, 15) is 13.6 Å². The molecule has 0 radical (unpaired) electrons. The Bertz CT molecular complexity index is 704. The number of ether oxygens (including phenoxy) is 1. The van der Waals surface area contributed by atoms with E-state index in [-0.39, 0.29) is 11.7 Å². The molecule has 1 fully saturated rings. The number of hydrogen-bond donors (Lipinski definition) is 1. The van der Waals surface area contributed by atoms with Crippen molar-refractivity contribution in [2.24, 2.45) is 0 Å². The maximum Gasteiger partial charge on any atom is 0.251 e. The summed E-state index contributed by atoms with van der Waals surface area (Å²) >= 11 is 0. The Hall–Kier alpha value is -2.31. The van der Waals surface area contributed by atoms with E-state index in [1.54, 1.807) is 0 Å². The second kappa shape index (κ2) is 8.18. The number of rotatable bonds is 5. The molecular formula is C19H20F2N2O2. The van der Waals surface area contributed by atoms with E-state index in [0.29, 0.717) is 19.7 Å². The van der Waals surface area contributed by atoms with Gasteiger partial charge in [-0.25, -0.2) is 8.78 Å². The first-order valence-corrected chi connectivity index (χ1v) is 8.22. The quantitative estimate of drug-likeness (QED) is 0.905. The molecule has 1 N–H and O–H groups in total. The van der Waals surface area contributed by atoms with Crippen molar-refractivity contribution in [3.63, 3.8) is 0 Å². The summed E-state index contributed by atoms with van der Waals surface area (Å²) in [6.07, 6.45) is -0.153. The number of carbonyl (C=O) groups is 1. The highest BCUT2D eigenvalue weighted by Crippen LogP contribution is 2.11. The van der Waals surface area contributed by atoms with Gasteiger partial charge in [-0.2, -0.15) is 0 Å². The van der Waals surface area contributed by atoms with Crippen molar-refractivity contribution in [2.45, 2.75) is 12.6 Å². The fraction of sp³-hybridized carbons (Fsp3) is 0.316. The van der Waals surface area contributed by atoms with Gasteiger partial charge in [-0.05, 0) is 17.7 Å². The van der Waals surface area contributed by atoms with Gasteiger partial charge in [0.15, 0.2) is 0 Å². The van der Waals surface area contributed by atoms with Gasteiger partial charge in [0.1, 0.15) is 11.6 Å². The van der Waals surface area contributed by atoms with Crippen molar-refractivity contribution in [3.8, 4) is 0 Å². The molecule has 1 atom stereocenters. The molecule has 1 heterocycles. The third-order valence-corrected chi connectivity index (χ3v) is 4.09. The van der Waals surface area contributed by atoms with Crippen LogP contribution in [-0.4, -0.2) is 43.2 Å². The normalized spacial score (nSPS) is 18.1. The van der Waals surface area contributed by atoms with E-state index in [4.69, 9.17) is 4.74 Å². The number of amides is 1. The molecule has 2 aromatic carbocycles. The van der Waals surface area contributed by atoms with Gasteiger partial charge in [0.2, 0.25) is 0 Å². The van der Waals surface area contributed by atoms with E-state index in [1.165, 1.54) is 5.56 Å². The maximum atomic E-state index is 13.2. The monoisotopic (exact) mass is 346 g/mol. The van der Waals surface area contributed by atoms with Crippen LogP contribution in [0.4, 0.5) is 8.78 Å². The molecule has 0 aromatic heterocycles. The predicted octanol–water partition coefficient (Wildman–Crippen LogP) is 2.60. The van der Waals surface area contributed by atoms with Gasteiger partial charge in [-0.1, -0.05) is 30.3 Å². The number of halogens is 2. The average molecular weight is 346 g/mol. The van der Waals surface area contributed by atoms with Crippen molar-refractivity contribution in [1.29, 1.82) is 0 Å². The lowest BCUT2D eigenvalue weighted by Gasteiger charge is -2.33. The molecule has 0 aliphatic carbocycles. The number of hydrogen-bond acceptors (Lipinski definition) is 3. The summed E-state index contributed by atoms with van der Waals surface area (Å²) < 4.78 is 32.1. The summed E-state index contributed by atoms with van der Waals surface area (Å²) in [5.41, 5.74) is 1.19. The predicted molar refractivity (Wildman–Crippen MR) is 90.2 cm³/mol. The third kappa shape index (κ3) is 5.08. The summed E-state index contributed by atoms with van der Waals surface area (Å²) in [6.45, 7) is 3.22. The van der Waals surface area contributed by atoms with Gasteiger partial charge >= 0.3 is 0 Å². The molecule has 132 valence electrons. The van der Waals surface area contributed by atoms with Crippen LogP contribution in [0.3, 0.4) is 0 Å². The summed E-state index contributed by atoms with van der Waals surface area (Å²) in [4.78, 5) is 14.3. The second-order valence-electron chi connectivity index (χ2n) is 6.08. The molecule has 0 bridgehead atoms. The first-order chi connectivity index (χ1) is 12.1. The van der Waals surface area contributed by atoms with Crippen LogP contribution in [0.1, 0.15) is 15.9 Å². The fourth-order valence-electron chi connectivity index (χ4n) is 2.88. The molecule has 6 heteroatoms. The number of morpholine rings is 1. The SMILES string of the molecule is O=C(NC[C@H]1CN(Cc2ccccc2)CCO1)c1cc(F)cc(F)c1. The third-order valence-electron chi connectivity index (χ3n) is 4.09. The Kier molecular flexibility index (Phi) is 5.73. The highest BCUT2D eigenvalue weighted by atomic mass is 19.1. The van der Waals surface area contributed by atoms with Crippen LogP contribution < -0.4 is 5.32 Å². The van der Waals surface area contributed by atoms with Crippen LogP contribution >= 0.6 is 0 Å². The van der Waals surface area contributed by atoms with Gasteiger partial charge in [0.25, 0.3) is 5.91 Å². The molecule has 0 unspecified atom stereocenters. The van der Waals surface area contributed by atoms with Gasteiger partial charge < -0.3 is 10.1 Å². The van der Waals surface area contributed by atoms with E-state index in [2.05, 4.69) is 22.3 Å². The number of nitrogens with one attached hydrogen (secondary N) is 1. The van der Waals surface area contributed by atoms with Crippen LogP contribution in [0, 0.1) is 11.6 Å². The molecule has 1 aliphatic heterocycles. The minimum Gasteiger partial charge on any atom is -0.374 e. The summed E-state index contributed by atoms with van der Waals surface area (Å²) in [7, 11) is 0. The van der Waals surface area contributed by atoms with E-state index < -0.39 is 17.5 Å². The number of carbonyl (C=O) groups excluding carboxylic acids is 1. The standard InChI is InChI=1S/C19H20F2N2O2/c20-16-8-15(9-17(21)10-16)19(24)22-11-18-13-23(6-7-25-18)12-14-4-2-1-3-5-14/h1-5,8-10,18H,6-7,11-13H2,(H,22,24)/t18-/m0/s1. The Balaban J connectivity index is 1.51. The molecule has 25 heavy (non-hydrogen) atoms. The molecule has 1 aliphatic rings. The number of benzene rings is 2. The lowest BCUT2D eigenvalue weighted by Crippen LogP contribution is -2.47. The van der Waals surface area contributed by atoms with E-state index in [0.717, 1.165) is 31.3 Å². The summed E-state index contributed by atoms with van der Waals surface area (Å²) in [5, 5.41) is 2.68. The molecule has 1 amide bonds. The fourth-order valence-corrected chi connectivity index (χ4v) is 2.88.